The number of hydrogen-bond acceptors (Lipinski definition) is 11. The molecule has 44 heavy (non-hydrogen) atoms. The highest BCUT2D eigenvalue weighted by Crippen LogP contribution is 2.29. The fourth-order valence-electron chi connectivity index (χ4n) is 3.82. The molecule has 0 aliphatic heterocycles. The molecular weight excluding hydrogens is 586 g/mol. The summed E-state index contributed by atoms with van der Waals surface area (Å²) in [5.74, 6) is 1.38. The molecule has 230 valence electrons. The lowest BCUT2D eigenvalue weighted by Crippen LogP contribution is -2.21. The van der Waals surface area contributed by atoms with E-state index >= 15 is 0 Å². The van der Waals surface area contributed by atoms with E-state index in [9.17, 15) is 18.9 Å². The molecule has 5 N–H and O–H groups in total. The van der Waals surface area contributed by atoms with Crippen LogP contribution in [-0.4, -0.2) is 53.6 Å². The van der Waals surface area contributed by atoms with Gasteiger partial charge in [-0.2, -0.15) is 4.98 Å². The molecule has 3 amide bonds. The second kappa shape index (κ2) is 15.3. The number of ether oxygens (including phenoxy) is 2. The van der Waals surface area contributed by atoms with Gasteiger partial charge in [-0.15, -0.1) is 10.6 Å². The highest BCUT2D eigenvalue weighted by atomic mass is 32.2. The monoisotopic (exact) mass is 618 g/mol. The third-order valence-electron chi connectivity index (χ3n) is 5.96. The van der Waals surface area contributed by atoms with Crippen molar-refractivity contribution < 1.29 is 28.4 Å². The molecule has 0 fully saturated rings. The number of benzene rings is 3. The van der Waals surface area contributed by atoms with E-state index in [1.807, 2.05) is 19.1 Å². The molecule has 1 unspecified atom stereocenters. The van der Waals surface area contributed by atoms with Gasteiger partial charge in [0.1, 0.15) is 11.6 Å². The largest absolute Gasteiger partial charge is 0.497 e. The van der Waals surface area contributed by atoms with Gasteiger partial charge in [0.2, 0.25) is 5.95 Å². The average molecular weight is 619 g/mol. The quantitative estimate of drug-likeness (QED) is 0.125. The summed E-state index contributed by atoms with van der Waals surface area (Å²) in [6.45, 7) is 3.47. The van der Waals surface area contributed by atoms with Gasteiger partial charge >= 0.3 is 12.1 Å². The zero-order chi connectivity index (χ0) is 31.5. The number of aliphatic hydroxyl groups is 1. The molecule has 0 aliphatic rings. The number of carbonyl (C=O) groups is 2. The summed E-state index contributed by atoms with van der Waals surface area (Å²) in [7, 11) is -0.339. The van der Waals surface area contributed by atoms with E-state index in [2.05, 4.69) is 35.6 Å². The number of rotatable bonds is 11. The summed E-state index contributed by atoms with van der Waals surface area (Å²) in [5, 5.41) is 21.5. The first-order valence-electron chi connectivity index (χ1n) is 13.5. The lowest BCUT2D eigenvalue weighted by Gasteiger charge is -2.17. The van der Waals surface area contributed by atoms with Gasteiger partial charge in [0, 0.05) is 40.9 Å². The average Bonchev–Trinajstić information content (AvgIpc) is 3.02. The molecule has 0 spiro atoms. The number of carbonyl (C=O) groups excluding carboxylic acids is 2. The van der Waals surface area contributed by atoms with E-state index in [0.29, 0.717) is 39.1 Å². The van der Waals surface area contributed by atoms with Crippen molar-refractivity contribution in [1.82, 2.24) is 9.97 Å². The maximum Gasteiger partial charge on any atom is 0.410 e. The number of methoxy groups -OCH3 is 1. The first kappa shape index (κ1) is 31.7. The normalized spacial score (nSPS) is 12.1. The summed E-state index contributed by atoms with van der Waals surface area (Å²) in [4.78, 5) is 33.3. The lowest BCUT2D eigenvalue weighted by atomic mass is 10.1. The van der Waals surface area contributed by atoms with Crippen molar-refractivity contribution >= 4 is 51.5 Å². The number of anilines is 5. The summed E-state index contributed by atoms with van der Waals surface area (Å²) >= 11 is 0. The van der Waals surface area contributed by atoms with Gasteiger partial charge in [-0.3, -0.25) is 4.36 Å². The van der Waals surface area contributed by atoms with Crippen LogP contribution in [0.5, 0.6) is 5.75 Å². The minimum absolute atomic E-state index is 0.118. The van der Waals surface area contributed by atoms with Crippen LogP contribution in [0.3, 0.4) is 0 Å². The number of nitrogens with one attached hydrogen (secondary N) is 4. The first-order chi connectivity index (χ1) is 21.3. The predicted molar refractivity (Wildman–Crippen MR) is 169 cm³/mol. The minimum atomic E-state index is -1.90. The molecular formula is C30H32N7O6S-. The fourth-order valence-corrected chi connectivity index (χ4v) is 4.49. The number of urea groups is 1. The number of aromatic nitrogens is 2. The Morgan fingerprint density at radius 1 is 1.00 bits per heavy atom. The molecule has 0 saturated heterocycles. The Hall–Kier alpha value is -5.21. The molecule has 4 aromatic rings. The van der Waals surface area contributed by atoms with Crippen LogP contribution >= 0.6 is 0 Å². The van der Waals surface area contributed by atoms with Crippen molar-refractivity contribution in [2.45, 2.75) is 24.8 Å². The molecule has 0 saturated carbocycles. The molecule has 1 heterocycles. The summed E-state index contributed by atoms with van der Waals surface area (Å²) in [6.07, 6.45) is 0.751. The van der Waals surface area contributed by atoms with Gasteiger partial charge in [0.25, 0.3) is 0 Å². The van der Waals surface area contributed by atoms with E-state index in [0.717, 1.165) is 5.56 Å². The van der Waals surface area contributed by atoms with Crippen LogP contribution < -0.4 is 26.0 Å². The third-order valence-corrected chi connectivity index (χ3v) is 6.95. The third kappa shape index (κ3) is 8.89. The summed E-state index contributed by atoms with van der Waals surface area (Å²) < 4.78 is 25.6. The van der Waals surface area contributed by atoms with Crippen molar-refractivity contribution in [2.24, 2.45) is 4.36 Å². The Labute approximate surface area is 256 Å². The van der Waals surface area contributed by atoms with Crippen LogP contribution in [0.4, 0.5) is 38.4 Å². The van der Waals surface area contributed by atoms with E-state index in [1.165, 1.54) is 0 Å². The van der Waals surface area contributed by atoms with Crippen molar-refractivity contribution in [3.8, 4) is 16.9 Å². The van der Waals surface area contributed by atoms with Gasteiger partial charge in [0.05, 0.1) is 20.3 Å². The van der Waals surface area contributed by atoms with Crippen LogP contribution in [0.1, 0.15) is 13.8 Å². The van der Waals surface area contributed by atoms with Gasteiger partial charge in [-0.05, 0) is 55.8 Å². The fraction of sp³-hybridized carbons (Fsp3) is 0.200. The Bertz CT molecular complexity index is 1680. The van der Waals surface area contributed by atoms with Gasteiger partial charge < -0.3 is 40.1 Å². The number of hydrogen-bond donors (Lipinski definition) is 5. The zero-order valence-electron chi connectivity index (χ0n) is 24.2. The maximum absolute atomic E-state index is 12.5. The molecule has 1 aromatic heterocycles. The van der Waals surface area contributed by atoms with E-state index in [4.69, 9.17) is 9.47 Å². The van der Waals surface area contributed by atoms with Crippen LogP contribution in [0.15, 0.2) is 88.3 Å². The van der Waals surface area contributed by atoms with Gasteiger partial charge in [-0.25, -0.2) is 14.6 Å². The lowest BCUT2D eigenvalue weighted by molar-refractivity contribution is 0.164. The molecule has 14 heteroatoms. The smallest absolute Gasteiger partial charge is 0.410 e. The highest BCUT2D eigenvalue weighted by molar-refractivity contribution is 7.75. The SMILES string of the molecule is CCOC(=O)N=[S-](=O)c1ccc(Nc2ncc(-c3ccc(NC(=O)Nc4cccc(OC)c4)cc3)c(NC(C)CO)n2)cc1. The van der Waals surface area contributed by atoms with Gasteiger partial charge in [0.15, 0.2) is 0 Å². The molecule has 13 nitrogen and oxygen atoms in total. The standard InChI is InChI=1S/C30H32N7O6S/c1-4-43-30(40)37-44(41)25-14-12-21(13-15-25)33-28-31-17-26(27(36-28)32-19(2)18-38)20-8-10-22(11-9-20)34-29(39)35-23-6-5-7-24(16-23)42-3/h5-17,19,38H,4,18H2,1-3H3,(H2,34,35,39)(H2,31,32,33,36)/q-1. The Morgan fingerprint density at radius 3 is 2.39 bits per heavy atom. The topological polar surface area (TPSA) is 176 Å². The maximum atomic E-state index is 12.5. The second-order valence-electron chi connectivity index (χ2n) is 9.26. The summed E-state index contributed by atoms with van der Waals surface area (Å²) in [5.41, 5.74) is 3.23. The Balaban J connectivity index is 1.48. The Morgan fingerprint density at radius 2 is 1.70 bits per heavy atom. The molecule has 1 atom stereocenters. The highest BCUT2D eigenvalue weighted by Gasteiger charge is 2.13. The number of amides is 3. The molecule has 0 aliphatic carbocycles. The number of nitrogens with zero attached hydrogens (tertiary/aromatic N) is 3. The van der Waals surface area contributed by atoms with Crippen LogP contribution in [-0.2, 0) is 19.5 Å². The van der Waals surface area contributed by atoms with Crippen molar-refractivity contribution in [2.75, 3.05) is 41.6 Å². The van der Waals surface area contributed by atoms with E-state index in [1.54, 1.807) is 80.9 Å². The number of aliphatic hydroxyl groups excluding tert-OH is 1. The zero-order valence-corrected chi connectivity index (χ0v) is 25.1. The first-order valence-corrected chi connectivity index (χ1v) is 14.6. The molecule has 0 radical (unpaired) electrons. The van der Waals surface area contributed by atoms with Crippen LogP contribution in [0.25, 0.3) is 11.1 Å². The molecule has 0 bridgehead atoms. The Kier molecular flexibility index (Phi) is 11.0. The van der Waals surface area contributed by atoms with Gasteiger partial charge in [-0.1, -0.05) is 35.2 Å². The van der Waals surface area contributed by atoms with E-state index in [-0.39, 0.29) is 25.2 Å². The van der Waals surface area contributed by atoms with E-state index < -0.39 is 22.7 Å². The summed E-state index contributed by atoms with van der Waals surface area (Å²) in [6, 6.07) is 19.9. The molecule has 3 aromatic carbocycles. The van der Waals surface area contributed by atoms with Crippen molar-refractivity contribution in [1.29, 1.82) is 0 Å². The second-order valence-corrected chi connectivity index (χ2v) is 10.4. The molecule has 4 rings (SSSR count). The predicted octanol–water partition coefficient (Wildman–Crippen LogP) is 6.00. The minimum Gasteiger partial charge on any atom is -0.497 e. The van der Waals surface area contributed by atoms with Crippen LogP contribution in [0, 0.1) is 0 Å². The van der Waals surface area contributed by atoms with Crippen molar-refractivity contribution in [3.05, 3.63) is 79.0 Å². The van der Waals surface area contributed by atoms with Crippen molar-refractivity contribution in [3.63, 3.8) is 0 Å². The van der Waals surface area contributed by atoms with Crippen LogP contribution in [0.2, 0.25) is 0 Å².